The number of H-pyrrole nitrogens is 1. The average Bonchev–Trinajstić information content (AvgIpc) is 3.27. The van der Waals surface area contributed by atoms with Gasteiger partial charge in [-0.15, -0.1) is 0 Å². The van der Waals surface area contributed by atoms with Crippen LogP contribution >= 0.6 is 57.8 Å². The largest absolute Gasteiger partial charge is 0.508 e. The van der Waals surface area contributed by atoms with Gasteiger partial charge < -0.3 is 23.0 Å². The molecule has 1 aliphatic heterocycles. The molecule has 172 valence electrons. The number of halogens is 4. The molecule has 8 nitrogen and oxygen atoms in total. The van der Waals surface area contributed by atoms with Gasteiger partial charge in [-0.25, -0.2) is 0 Å². The van der Waals surface area contributed by atoms with Gasteiger partial charge in [0.15, 0.2) is 23.0 Å². The molecule has 12 heteroatoms. The standard InChI is InChI=1S/C22H10Cl3IN2O6/c23-12-7-13(19(31)10-4-2-9(34-26)6-14(10)30)28-18-16(24)21(25)27-17(18)20(32)11-3-1-8(29)5-15(11)33-22(12)28/h1-7,27,29-30H. The Morgan fingerprint density at radius 1 is 1.09 bits per heavy atom. The van der Waals surface area contributed by atoms with Crippen LogP contribution in [0.2, 0.25) is 15.2 Å². The normalized spacial score (nSPS) is 12.2. The number of phenols is 2. The van der Waals surface area contributed by atoms with E-state index in [0.717, 1.165) is 0 Å². The van der Waals surface area contributed by atoms with Crippen LogP contribution in [0.4, 0.5) is 0 Å². The molecule has 5 rings (SSSR count). The number of aromatic hydroxyl groups is 2. The van der Waals surface area contributed by atoms with Gasteiger partial charge in [-0.3, -0.25) is 14.2 Å². The molecule has 0 spiro atoms. The van der Waals surface area contributed by atoms with Crippen molar-refractivity contribution in [3.63, 3.8) is 0 Å². The molecule has 0 saturated carbocycles. The van der Waals surface area contributed by atoms with Crippen molar-refractivity contribution in [2.45, 2.75) is 0 Å². The monoisotopic (exact) mass is 630 g/mol. The molecule has 1 aliphatic rings. The van der Waals surface area contributed by atoms with Crippen molar-refractivity contribution < 1.29 is 27.6 Å². The third-order valence-corrected chi connectivity index (χ3v) is 6.71. The lowest BCUT2D eigenvalue weighted by Crippen LogP contribution is -2.16. The number of benzene rings is 2. The molecular weight excluding hydrogens is 622 g/mol. The Morgan fingerprint density at radius 3 is 2.56 bits per heavy atom. The van der Waals surface area contributed by atoms with Crippen LogP contribution in [0.1, 0.15) is 32.1 Å². The van der Waals surface area contributed by atoms with Crippen molar-refractivity contribution in [3.8, 4) is 34.6 Å². The van der Waals surface area contributed by atoms with E-state index >= 15 is 0 Å². The summed E-state index contributed by atoms with van der Waals surface area (Å²) in [5.41, 5.74) is 0.0173. The fourth-order valence-corrected chi connectivity index (χ4v) is 4.58. The average molecular weight is 632 g/mol. The number of hydrogen-bond donors (Lipinski definition) is 3. The number of ether oxygens (including phenoxy) is 1. The molecule has 3 N–H and O–H groups in total. The van der Waals surface area contributed by atoms with Gasteiger partial charge in [-0.1, -0.05) is 34.8 Å². The topological polar surface area (TPSA) is 114 Å². The van der Waals surface area contributed by atoms with E-state index in [1.54, 1.807) is 23.0 Å². The van der Waals surface area contributed by atoms with Crippen LogP contribution < -0.4 is 7.80 Å². The van der Waals surface area contributed by atoms with Crippen molar-refractivity contribution in [3.05, 3.63) is 80.2 Å². The van der Waals surface area contributed by atoms with Gasteiger partial charge >= 0.3 is 0 Å². The third-order valence-electron chi connectivity index (χ3n) is 5.19. The summed E-state index contributed by atoms with van der Waals surface area (Å²) in [6, 6.07) is 9.44. The minimum Gasteiger partial charge on any atom is -0.508 e. The van der Waals surface area contributed by atoms with Crippen LogP contribution in [-0.2, 0) is 0 Å². The number of aromatic amines is 1. The first-order valence-electron chi connectivity index (χ1n) is 9.41. The van der Waals surface area contributed by atoms with Gasteiger partial charge in [-0.05, 0) is 30.3 Å². The zero-order valence-electron chi connectivity index (χ0n) is 16.5. The number of ketones is 2. The van der Waals surface area contributed by atoms with E-state index in [4.69, 9.17) is 42.6 Å². The minimum absolute atomic E-state index is 0.00383. The fraction of sp³-hybridized carbons (Fsp3) is 0. The Hall–Kier alpha value is -2.86. The molecule has 0 saturated heterocycles. The summed E-state index contributed by atoms with van der Waals surface area (Å²) in [5.74, 6) is -1.37. The van der Waals surface area contributed by atoms with E-state index in [0.29, 0.717) is 5.75 Å². The van der Waals surface area contributed by atoms with Crippen molar-refractivity contribution in [2.24, 2.45) is 0 Å². The van der Waals surface area contributed by atoms with Gasteiger partial charge in [-0.2, -0.15) is 0 Å². The summed E-state index contributed by atoms with van der Waals surface area (Å²) in [5, 5.41) is 20.3. The molecule has 0 unspecified atom stereocenters. The predicted octanol–water partition coefficient (Wildman–Crippen LogP) is 6.47. The van der Waals surface area contributed by atoms with Crippen LogP contribution in [0.15, 0.2) is 42.5 Å². The van der Waals surface area contributed by atoms with E-state index in [1.165, 1.54) is 47.0 Å². The summed E-state index contributed by atoms with van der Waals surface area (Å²) in [7, 11) is 0. The Bertz CT molecular complexity index is 1530. The van der Waals surface area contributed by atoms with E-state index in [9.17, 15) is 19.8 Å². The van der Waals surface area contributed by atoms with E-state index < -0.39 is 11.6 Å². The van der Waals surface area contributed by atoms with Crippen LogP contribution in [0, 0.1) is 0 Å². The number of phenolic OH excluding ortho intramolecular Hbond substituents is 2. The number of fused-ring (bicyclic) bond motifs is 4. The Kier molecular flexibility index (Phi) is 5.67. The number of carbonyl (C=O) groups excluding carboxylic acids is 2. The summed E-state index contributed by atoms with van der Waals surface area (Å²) >= 11 is 20.8. The zero-order valence-corrected chi connectivity index (χ0v) is 21.0. The second-order valence-corrected chi connectivity index (χ2v) is 8.80. The Morgan fingerprint density at radius 2 is 1.85 bits per heavy atom. The zero-order chi connectivity index (χ0) is 24.3. The van der Waals surface area contributed by atoms with Gasteiger partial charge in [0, 0.05) is 12.1 Å². The molecule has 0 amide bonds. The molecule has 2 aromatic heterocycles. The molecule has 3 heterocycles. The molecular formula is C22H10Cl3IN2O6. The minimum atomic E-state index is -0.641. The summed E-state index contributed by atoms with van der Waals surface area (Å²) < 4.78 is 12.2. The lowest BCUT2D eigenvalue weighted by Gasteiger charge is -2.19. The van der Waals surface area contributed by atoms with Gasteiger partial charge in [0.05, 0.1) is 22.5 Å². The number of rotatable bonds is 3. The van der Waals surface area contributed by atoms with E-state index in [1.807, 2.05) is 0 Å². The molecule has 0 radical (unpaired) electrons. The molecule has 0 aliphatic carbocycles. The smallest absolute Gasteiger partial charge is 0.224 e. The van der Waals surface area contributed by atoms with Gasteiger partial charge in [0.2, 0.25) is 17.4 Å². The first-order valence-corrected chi connectivity index (χ1v) is 11.4. The number of carbonyl (C=O) groups is 2. The van der Waals surface area contributed by atoms with Crippen molar-refractivity contribution in [1.82, 2.24) is 9.55 Å². The maximum atomic E-state index is 13.5. The number of aromatic nitrogens is 2. The Labute approximate surface area is 220 Å². The highest BCUT2D eigenvalue weighted by Crippen LogP contribution is 2.45. The molecule has 34 heavy (non-hydrogen) atoms. The number of nitrogens with zero attached hydrogens (tertiary/aromatic N) is 1. The third kappa shape index (κ3) is 3.50. The van der Waals surface area contributed by atoms with Crippen LogP contribution in [0.3, 0.4) is 0 Å². The second-order valence-electron chi connectivity index (χ2n) is 7.19. The van der Waals surface area contributed by atoms with Crippen LogP contribution in [-0.4, -0.2) is 31.3 Å². The fourth-order valence-electron chi connectivity index (χ4n) is 3.67. The van der Waals surface area contributed by atoms with E-state index in [-0.39, 0.29) is 66.5 Å². The Balaban J connectivity index is 1.81. The van der Waals surface area contributed by atoms with Crippen LogP contribution in [0.25, 0.3) is 5.69 Å². The highest BCUT2D eigenvalue weighted by atomic mass is 127. The van der Waals surface area contributed by atoms with Crippen molar-refractivity contribution in [2.75, 3.05) is 0 Å². The number of nitrogens with one attached hydrogen (secondary N) is 1. The highest BCUT2D eigenvalue weighted by Gasteiger charge is 2.34. The van der Waals surface area contributed by atoms with Crippen LogP contribution in [0.5, 0.6) is 28.9 Å². The maximum absolute atomic E-state index is 13.5. The van der Waals surface area contributed by atoms with Crippen molar-refractivity contribution >= 4 is 69.4 Å². The summed E-state index contributed by atoms with van der Waals surface area (Å²) in [6.07, 6.45) is 0. The lowest BCUT2D eigenvalue weighted by atomic mass is 10.0. The first kappa shape index (κ1) is 22.9. The predicted molar refractivity (Wildman–Crippen MR) is 133 cm³/mol. The molecule has 0 atom stereocenters. The van der Waals surface area contributed by atoms with E-state index in [2.05, 4.69) is 4.98 Å². The summed E-state index contributed by atoms with van der Waals surface area (Å²) in [4.78, 5) is 29.6. The second kappa shape index (κ2) is 8.42. The molecule has 4 aromatic rings. The molecule has 2 aromatic carbocycles. The first-order chi connectivity index (χ1) is 16.2. The summed E-state index contributed by atoms with van der Waals surface area (Å²) in [6.45, 7) is 0. The number of hydrogen-bond acceptors (Lipinski definition) is 6. The molecule has 0 bridgehead atoms. The van der Waals surface area contributed by atoms with Gasteiger partial charge in [0.25, 0.3) is 0 Å². The molecule has 0 fully saturated rings. The maximum Gasteiger partial charge on any atom is 0.224 e. The lowest BCUT2D eigenvalue weighted by molar-refractivity contribution is 0.101. The quantitative estimate of drug-likeness (QED) is 0.155. The van der Waals surface area contributed by atoms with Crippen molar-refractivity contribution in [1.29, 1.82) is 0 Å². The highest BCUT2D eigenvalue weighted by molar-refractivity contribution is 14.1. The SMILES string of the molecule is O=C1c2ccc(O)cc2Oc2c(Cl)cc(C(=O)c3ccc(OI)cc3O)n2-c2c1[nH]c(Cl)c2Cl. The van der Waals surface area contributed by atoms with Gasteiger partial charge in [0.1, 0.15) is 43.9 Å².